The summed E-state index contributed by atoms with van der Waals surface area (Å²) in [6.07, 6.45) is 0. The summed E-state index contributed by atoms with van der Waals surface area (Å²) in [5, 5.41) is 42.2. The van der Waals surface area contributed by atoms with Crippen molar-refractivity contribution in [3.8, 4) is 5.75 Å². The first kappa shape index (κ1) is 44.5. The zero-order valence-corrected chi connectivity index (χ0v) is 33.6. The molecule has 27 heteroatoms. The molecule has 2 atom stereocenters. The number of methoxy groups -OCH3 is 1. The first-order chi connectivity index (χ1) is 28.2. The molecule has 0 aliphatic rings. The van der Waals surface area contributed by atoms with Crippen molar-refractivity contribution in [3.05, 3.63) is 90.0 Å². The molecule has 0 aliphatic heterocycles. The Morgan fingerprint density at radius 1 is 0.633 bits per heavy atom. The highest BCUT2D eigenvalue weighted by molar-refractivity contribution is 7.86. The highest BCUT2D eigenvalue weighted by Crippen LogP contribution is 2.50. The summed E-state index contributed by atoms with van der Waals surface area (Å²) in [5.41, 5.74) is 8.77. The molecule has 0 saturated carbocycles. The van der Waals surface area contributed by atoms with Crippen LogP contribution < -0.4 is 16.2 Å². The van der Waals surface area contributed by atoms with E-state index in [0.717, 1.165) is 18.2 Å². The number of nitrogen functional groups attached to an aromatic ring is 2. The molecule has 23 nitrogen and oxygen atoms in total. The second-order valence-corrected chi connectivity index (χ2v) is 16.3. The minimum Gasteiger partial charge on any atom is -0.768 e. The number of hydrogen-bond donors (Lipinski definition) is 5. The lowest BCUT2D eigenvalue weighted by Crippen LogP contribution is -2.04. The molecular formula is C33H26N10O13S4-2. The maximum Gasteiger partial charge on any atom is 0.340 e. The summed E-state index contributed by atoms with van der Waals surface area (Å²) in [6, 6.07) is 15.2. The normalized spacial score (nSPS) is 13.4. The lowest BCUT2D eigenvalue weighted by molar-refractivity contribution is 0.0698. The molecular weight excluding hydrogens is 873 g/mol. The fourth-order valence-corrected chi connectivity index (χ4v) is 7.07. The standard InChI is InChI=1S/C33H28N10O13S4/c1-16-13-23(24(56-2)15-22(16)39-37-21-12-11-19(58(48)49)14-26(21)60(53,54)55)40-42-31-27(33(44)45)30(41-36-17-7-9-18(10-8-17)57(46)47)28(34)32(29(31)35)43-38-20-5-3-4-6-25(20)59(50,51)52/h3-15H,34-35H2,1-2H3,(H,44,45)(H,46,47)(H,48,49)(H,50,51,52)(H,53,54,55)/p-2. The minimum absolute atomic E-state index is 0.0489. The summed E-state index contributed by atoms with van der Waals surface area (Å²) in [6.45, 7) is 1.52. The van der Waals surface area contributed by atoms with Gasteiger partial charge in [0.15, 0.2) is 0 Å². The molecule has 0 radical (unpaired) electrons. The van der Waals surface area contributed by atoms with Gasteiger partial charge in [0.25, 0.3) is 20.2 Å². The molecule has 0 aromatic heterocycles. The van der Waals surface area contributed by atoms with Crippen molar-refractivity contribution in [2.75, 3.05) is 18.6 Å². The van der Waals surface area contributed by atoms with Gasteiger partial charge in [-0.15, -0.1) is 30.7 Å². The highest BCUT2D eigenvalue weighted by Gasteiger charge is 2.27. The number of carbonyl (C=O) groups is 1. The molecule has 5 rings (SSSR count). The van der Waals surface area contributed by atoms with Crippen LogP contribution >= 0.6 is 0 Å². The molecule has 7 N–H and O–H groups in total. The van der Waals surface area contributed by atoms with Gasteiger partial charge in [0.1, 0.15) is 55.2 Å². The summed E-state index contributed by atoms with van der Waals surface area (Å²) in [7, 11) is -8.52. The molecule has 60 heavy (non-hydrogen) atoms. The van der Waals surface area contributed by atoms with Gasteiger partial charge in [-0.1, -0.05) is 12.1 Å². The van der Waals surface area contributed by atoms with Gasteiger partial charge in [0.2, 0.25) is 0 Å². The minimum atomic E-state index is -4.95. The number of anilines is 2. The van der Waals surface area contributed by atoms with Crippen LogP contribution in [0.5, 0.6) is 5.75 Å². The van der Waals surface area contributed by atoms with Gasteiger partial charge in [0.05, 0.1) is 29.9 Å². The number of aromatic carboxylic acids is 1. The van der Waals surface area contributed by atoms with Gasteiger partial charge >= 0.3 is 5.97 Å². The Labute approximate surface area is 343 Å². The monoisotopic (exact) mass is 898 g/mol. The van der Waals surface area contributed by atoms with Crippen molar-refractivity contribution in [1.82, 2.24) is 0 Å². The number of rotatable bonds is 14. The number of azo groups is 4. The number of carboxylic acids is 1. The highest BCUT2D eigenvalue weighted by atomic mass is 32.2. The van der Waals surface area contributed by atoms with Crippen LogP contribution in [0.2, 0.25) is 0 Å². The van der Waals surface area contributed by atoms with E-state index in [2.05, 4.69) is 40.9 Å². The summed E-state index contributed by atoms with van der Waals surface area (Å²) in [5.74, 6) is -1.74. The van der Waals surface area contributed by atoms with Crippen molar-refractivity contribution in [2.45, 2.75) is 26.5 Å². The van der Waals surface area contributed by atoms with Crippen molar-refractivity contribution < 1.29 is 58.1 Å². The van der Waals surface area contributed by atoms with Gasteiger partial charge in [-0.3, -0.25) is 17.5 Å². The first-order valence-corrected chi connectivity index (χ1v) is 21.0. The lowest BCUT2D eigenvalue weighted by atomic mass is 10.1. The number of ether oxygens (including phenoxy) is 1. The van der Waals surface area contributed by atoms with E-state index >= 15 is 0 Å². The van der Waals surface area contributed by atoms with E-state index in [0.29, 0.717) is 11.6 Å². The fourth-order valence-electron chi connectivity index (χ4n) is 4.97. The van der Waals surface area contributed by atoms with Gasteiger partial charge in [-0.05, 0) is 95.3 Å². The van der Waals surface area contributed by atoms with E-state index in [1.807, 2.05) is 0 Å². The number of aryl methyl sites for hydroxylation is 1. The van der Waals surface area contributed by atoms with E-state index in [-0.39, 0.29) is 33.4 Å². The maximum absolute atomic E-state index is 12.8. The van der Waals surface area contributed by atoms with Crippen molar-refractivity contribution >= 4 is 105 Å². The van der Waals surface area contributed by atoms with Crippen LogP contribution in [-0.4, -0.2) is 61.7 Å². The van der Waals surface area contributed by atoms with Gasteiger partial charge in [-0.2, -0.15) is 27.1 Å². The number of benzene rings is 5. The number of nitrogens with zero attached hydrogens (tertiary/aromatic N) is 8. The number of carboxylic acid groups (broad SMARTS) is 1. The van der Waals surface area contributed by atoms with Gasteiger partial charge in [-0.25, -0.2) is 4.79 Å². The Morgan fingerprint density at radius 3 is 1.70 bits per heavy atom. The van der Waals surface area contributed by atoms with E-state index < -0.39 is 103 Å². The smallest absolute Gasteiger partial charge is 0.340 e. The molecule has 5 aromatic carbocycles. The topological polar surface area (TPSA) is 386 Å². The Morgan fingerprint density at radius 2 is 1.13 bits per heavy atom. The fraction of sp³-hybridized carbons (Fsp3) is 0.0606. The molecule has 312 valence electrons. The van der Waals surface area contributed by atoms with Crippen molar-refractivity contribution in [1.29, 1.82) is 0 Å². The summed E-state index contributed by atoms with van der Waals surface area (Å²) < 4.78 is 118. The molecule has 0 fully saturated rings. The average molecular weight is 899 g/mol. The molecule has 2 unspecified atom stereocenters. The second-order valence-electron chi connectivity index (χ2n) is 11.7. The van der Waals surface area contributed by atoms with Crippen molar-refractivity contribution in [3.63, 3.8) is 0 Å². The van der Waals surface area contributed by atoms with Crippen LogP contribution in [0, 0.1) is 6.92 Å². The molecule has 0 saturated heterocycles. The number of hydrogen-bond acceptors (Lipinski definition) is 20. The van der Waals surface area contributed by atoms with Crippen LogP contribution in [0.4, 0.5) is 56.9 Å². The maximum atomic E-state index is 12.8. The molecule has 0 amide bonds. The predicted molar refractivity (Wildman–Crippen MR) is 210 cm³/mol. The Kier molecular flexibility index (Phi) is 13.4. The van der Waals surface area contributed by atoms with Crippen LogP contribution in [0.15, 0.2) is 139 Å². The third kappa shape index (κ3) is 10.2. The van der Waals surface area contributed by atoms with Crippen LogP contribution in [-0.2, 0) is 42.4 Å². The third-order valence-electron chi connectivity index (χ3n) is 7.83. The van der Waals surface area contributed by atoms with Crippen molar-refractivity contribution in [2.24, 2.45) is 40.9 Å². The summed E-state index contributed by atoms with van der Waals surface area (Å²) >= 11 is -5.39. The largest absolute Gasteiger partial charge is 0.768 e. The Bertz CT molecular complexity index is 2940. The lowest BCUT2D eigenvalue weighted by Gasteiger charge is -2.14. The Balaban J connectivity index is 1.66. The van der Waals surface area contributed by atoms with E-state index in [1.165, 1.54) is 68.6 Å². The van der Waals surface area contributed by atoms with Gasteiger partial charge in [0, 0.05) is 15.9 Å². The van der Waals surface area contributed by atoms with E-state index in [1.54, 1.807) is 0 Å². The zero-order valence-electron chi connectivity index (χ0n) is 30.3. The van der Waals surface area contributed by atoms with E-state index in [9.17, 15) is 53.4 Å². The van der Waals surface area contributed by atoms with Crippen LogP contribution in [0.1, 0.15) is 15.9 Å². The van der Waals surface area contributed by atoms with Crippen LogP contribution in [0.25, 0.3) is 0 Å². The number of nitrogens with two attached hydrogens (primary N) is 2. The zero-order chi connectivity index (χ0) is 44.1. The third-order valence-corrected chi connectivity index (χ3v) is 10.9. The molecule has 0 heterocycles. The predicted octanol–water partition coefficient (Wildman–Crippen LogP) is 7.50. The Hall–Kier alpha value is -6.59. The first-order valence-electron chi connectivity index (χ1n) is 16.0. The quantitative estimate of drug-likeness (QED) is 0.0312. The average Bonchev–Trinajstić information content (AvgIpc) is 3.18. The van der Waals surface area contributed by atoms with Crippen LogP contribution in [0.3, 0.4) is 0 Å². The molecule has 0 aliphatic carbocycles. The SMILES string of the molecule is COc1cc(N=Nc2ccc(S(=O)[O-])cc2S(=O)(=O)O)c(C)cc1N=Nc1c(N)c(N=Nc2ccccc2S(=O)(=O)O)c(N)c(N=Nc2ccc(S(=O)[O-])cc2)c1C(=O)O. The van der Waals surface area contributed by atoms with E-state index in [4.69, 9.17) is 16.2 Å². The summed E-state index contributed by atoms with van der Waals surface area (Å²) in [4.78, 5) is 10.8. The molecule has 5 aromatic rings. The second kappa shape index (κ2) is 18.1. The van der Waals surface area contributed by atoms with Gasteiger partial charge < -0.3 is 30.4 Å². The molecule has 0 bridgehead atoms. The molecule has 0 spiro atoms.